The predicted octanol–water partition coefficient (Wildman–Crippen LogP) is 2.38. The zero-order valence-electron chi connectivity index (χ0n) is 12.1. The summed E-state index contributed by atoms with van der Waals surface area (Å²) >= 11 is 0. The van der Waals surface area contributed by atoms with E-state index in [1.54, 1.807) is 19.1 Å². The van der Waals surface area contributed by atoms with Gasteiger partial charge in [0.25, 0.3) is 5.91 Å². The fourth-order valence-electron chi connectivity index (χ4n) is 1.91. The van der Waals surface area contributed by atoms with E-state index < -0.39 is 5.97 Å². The van der Waals surface area contributed by atoms with Crippen LogP contribution in [0.5, 0.6) is 5.75 Å². The second kappa shape index (κ2) is 7.53. The number of hydrogen-bond acceptors (Lipinski definition) is 3. The summed E-state index contributed by atoms with van der Waals surface area (Å²) in [5.74, 6) is -0.780. The highest BCUT2D eigenvalue weighted by Gasteiger charge is 2.13. The number of rotatable bonds is 7. The van der Waals surface area contributed by atoms with E-state index in [0.717, 1.165) is 12.8 Å². The van der Waals surface area contributed by atoms with Crippen LogP contribution in [0, 0.1) is 6.92 Å². The van der Waals surface area contributed by atoms with Gasteiger partial charge in [-0.05, 0) is 31.9 Å². The lowest BCUT2D eigenvalue weighted by Crippen LogP contribution is -2.37. The van der Waals surface area contributed by atoms with E-state index in [2.05, 4.69) is 5.32 Å². The van der Waals surface area contributed by atoms with E-state index >= 15 is 0 Å². The van der Waals surface area contributed by atoms with E-state index in [-0.39, 0.29) is 24.1 Å². The maximum Gasteiger partial charge on any atom is 0.336 e. The van der Waals surface area contributed by atoms with Crippen molar-refractivity contribution < 1.29 is 19.4 Å². The van der Waals surface area contributed by atoms with Gasteiger partial charge in [0.15, 0.2) is 6.61 Å². The van der Waals surface area contributed by atoms with Gasteiger partial charge in [-0.25, -0.2) is 4.79 Å². The van der Waals surface area contributed by atoms with Crippen molar-refractivity contribution in [2.24, 2.45) is 0 Å². The third-order valence-electron chi connectivity index (χ3n) is 3.22. The molecule has 5 heteroatoms. The molecule has 0 heterocycles. The average molecular weight is 279 g/mol. The number of amides is 1. The zero-order valence-corrected chi connectivity index (χ0v) is 12.1. The van der Waals surface area contributed by atoms with Crippen LogP contribution in [0.4, 0.5) is 0 Å². The molecule has 20 heavy (non-hydrogen) atoms. The van der Waals surface area contributed by atoms with Gasteiger partial charge in [0.2, 0.25) is 0 Å². The Labute approximate surface area is 118 Å². The number of carboxylic acids is 1. The third kappa shape index (κ3) is 4.26. The molecule has 0 aliphatic heterocycles. The van der Waals surface area contributed by atoms with Crippen LogP contribution in [0.3, 0.4) is 0 Å². The highest BCUT2D eigenvalue weighted by atomic mass is 16.5. The number of benzene rings is 1. The first-order valence-corrected chi connectivity index (χ1v) is 6.74. The second-order valence-electron chi connectivity index (χ2n) is 4.60. The summed E-state index contributed by atoms with van der Waals surface area (Å²) < 4.78 is 5.40. The predicted molar refractivity (Wildman–Crippen MR) is 76.1 cm³/mol. The Kier molecular flexibility index (Phi) is 6.03. The summed E-state index contributed by atoms with van der Waals surface area (Å²) in [5.41, 5.74) is 0.707. The molecular weight excluding hydrogens is 258 g/mol. The van der Waals surface area contributed by atoms with Gasteiger partial charge >= 0.3 is 5.97 Å². The van der Waals surface area contributed by atoms with Crippen LogP contribution in [0.25, 0.3) is 0 Å². The van der Waals surface area contributed by atoms with Crippen molar-refractivity contribution in [2.45, 2.75) is 39.7 Å². The molecule has 0 saturated heterocycles. The molecule has 110 valence electrons. The molecule has 1 aromatic carbocycles. The molecule has 1 rings (SSSR count). The van der Waals surface area contributed by atoms with E-state index in [9.17, 15) is 9.59 Å². The molecule has 0 spiro atoms. The molecule has 0 aliphatic rings. The van der Waals surface area contributed by atoms with Crippen molar-refractivity contribution in [1.29, 1.82) is 0 Å². The lowest BCUT2D eigenvalue weighted by molar-refractivity contribution is -0.123. The molecule has 0 atom stereocenters. The van der Waals surface area contributed by atoms with Crippen LogP contribution in [0.2, 0.25) is 0 Å². The highest BCUT2D eigenvalue weighted by molar-refractivity contribution is 5.90. The lowest BCUT2D eigenvalue weighted by Gasteiger charge is -2.15. The molecule has 0 saturated carbocycles. The van der Waals surface area contributed by atoms with E-state index in [0.29, 0.717) is 11.3 Å². The quantitative estimate of drug-likeness (QED) is 0.803. The van der Waals surface area contributed by atoms with Crippen molar-refractivity contribution in [3.05, 3.63) is 29.3 Å². The summed E-state index contributed by atoms with van der Waals surface area (Å²) in [5, 5.41) is 11.9. The molecule has 2 N–H and O–H groups in total. The zero-order chi connectivity index (χ0) is 15.1. The second-order valence-corrected chi connectivity index (χ2v) is 4.60. The number of nitrogens with one attached hydrogen (secondary N) is 1. The first-order valence-electron chi connectivity index (χ1n) is 6.74. The van der Waals surface area contributed by atoms with Crippen molar-refractivity contribution >= 4 is 11.9 Å². The van der Waals surface area contributed by atoms with Crippen LogP contribution < -0.4 is 10.1 Å². The van der Waals surface area contributed by atoms with Crippen LogP contribution in [-0.2, 0) is 4.79 Å². The van der Waals surface area contributed by atoms with Gasteiger partial charge in [-0.2, -0.15) is 0 Å². The first kappa shape index (κ1) is 16.0. The Hall–Kier alpha value is -2.04. The Bertz CT molecular complexity index is 481. The normalized spacial score (nSPS) is 10.4. The molecule has 0 aromatic heterocycles. The fourth-order valence-corrected chi connectivity index (χ4v) is 1.91. The van der Waals surface area contributed by atoms with E-state index in [1.165, 1.54) is 6.07 Å². The van der Waals surface area contributed by atoms with E-state index in [1.807, 2.05) is 13.8 Å². The number of carbonyl (C=O) groups is 2. The average Bonchev–Trinajstić information content (AvgIpc) is 2.43. The third-order valence-corrected chi connectivity index (χ3v) is 3.22. The smallest absolute Gasteiger partial charge is 0.336 e. The van der Waals surface area contributed by atoms with Crippen LogP contribution in [0.15, 0.2) is 18.2 Å². The number of carbonyl (C=O) groups excluding carboxylic acids is 1. The monoisotopic (exact) mass is 279 g/mol. The van der Waals surface area contributed by atoms with Gasteiger partial charge in [0.1, 0.15) is 5.75 Å². The van der Waals surface area contributed by atoms with Gasteiger partial charge < -0.3 is 15.2 Å². The molecule has 0 unspecified atom stereocenters. The Morgan fingerprint density at radius 2 is 1.95 bits per heavy atom. The minimum absolute atomic E-state index is 0.111. The maximum absolute atomic E-state index is 11.7. The fraction of sp³-hybridized carbons (Fsp3) is 0.467. The lowest BCUT2D eigenvalue weighted by atomic mass is 10.1. The summed E-state index contributed by atoms with van der Waals surface area (Å²) in [4.78, 5) is 22.7. The van der Waals surface area contributed by atoms with Gasteiger partial charge in [-0.15, -0.1) is 0 Å². The molecule has 5 nitrogen and oxygen atoms in total. The van der Waals surface area contributed by atoms with Gasteiger partial charge in [0, 0.05) is 11.6 Å². The summed E-state index contributed by atoms with van der Waals surface area (Å²) in [6.07, 6.45) is 1.74. The Morgan fingerprint density at radius 3 is 2.50 bits per heavy atom. The summed E-state index contributed by atoms with van der Waals surface area (Å²) in [6, 6.07) is 4.92. The number of ether oxygens (including phenoxy) is 1. The number of hydrogen-bond donors (Lipinski definition) is 2. The standard InChI is InChI=1S/C15H21NO4/c1-4-11(5-2)16-14(17)9-20-13-8-6-7-12(10(13)3)15(18)19/h6-8,11H,4-5,9H2,1-3H3,(H,16,17)(H,18,19). The molecule has 0 fully saturated rings. The summed E-state index contributed by atoms with van der Waals surface area (Å²) in [7, 11) is 0. The molecule has 0 bridgehead atoms. The van der Waals surface area contributed by atoms with E-state index in [4.69, 9.17) is 9.84 Å². The van der Waals surface area contributed by atoms with Crippen molar-refractivity contribution in [3.63, 3.8) is 0 Å². The maximum atomic E-state index is 11.7. The minimum Gasteiger partial charge on any atom is -0.483 e. The van der Waals surface area contributed by atoms with Crippen LogP contribution >= 0.6 is 0 Å². The molecule has 0 aliphatic carbocycles. The largest absolute Gasteiger partial charge is 0.483 e. The molecule has 1 aromatic rings. The van der Waals surface area contributed by atoms with Crippen LogP contribution in [0.1, 0.15) is 42.6 Å². The first-order chi connectivity index (χ1) is 9.49. The van der Waals surface area contributed by atoms with Crippen LogP contribution in [-0.4, -0.2) is 29.6 Å². The van der Waals surface area contributed by atoms with Crippen molar-refractivity contribution in [3.8, 4) is 5.75 Å². The SMILES string of the molecule is CCC(CC)NC(=O)COc1cccc(C(=O)O)c1C. The molecular formula is C15H21NO4. The Balaban J connectivity index is 2.64. The molecule has 1 amide bonds. The summed E-state index contributed by atoms with van der Waals surface area (Å²) in [6.45, 7) is 5.57. The Morgan fingerprint density at radius 1 is 1.30 bits per heavy atom. The molecule has 0 radical (unpaired) electrons. The minimum atomic E-state index is -1.01. The van der Waals surface area contributed by atoms with Crippen molar-refractivity contribution in [2.75, 3.05) is 6.61 Å². The topological polar surface area (TPSA) is 75.6 Å². The van der Waals surface area contributed by atoms with Crippen molar-refractivity contribution in [1.82, 2.24) is 5.32 Å². The van der Waals surface area contributed by atoms with Gasteiger partial charge in [0.05, 0.1) is 5.56 Å². The number of aromatic carboxylic acids is 1. The number of carboxylic acid groups (broad SMARTS) is 1. The van der Waals surface area contributed by atoms with Gasteiger partial charge in [-0.1, -0.05) is 19.9 Å². The van der Waals surface area contributed by atoms with Gasteiger partial charge in [-0.3, -0.25) is 4.79 Å². The highest BCUT2D eigenvalue weighted by Crippen LogP contribution is 2.21.